The highest BCUT2D eigenvalue weighted by Crippen LogP contribution is 2.50. The van der Waals surface area contributed by atoms with Gasteiger partial charge in [-0.25, -0.2) is 9.59 Å². The molecular formula is C42H66O20. The van der Waals surface area contributed by atoms with Gasteiger partial charge in [0.1, 0.15) is 48.8 Å². The molecule has 6 aliphatic rings. The summed E-state index contributed by atoms with van der Waals surface area (Å²) in [5, 5.41) is 103. The third kappa shape index (κ3) is 10.4. The largest absolute Gasteiger partial charge is 0.472 e. The van der Waals surface area contributed by atoms with E-state index in [-0.39, 0.29) is 48.5 Å². The van der Waals surface area contributed by atoms with Gasteiger partial charge in [0.25, 0.3) is 0 Å². The van der Waals surface area contributed by atoms with Crippen LogP contribution in [0.3, 0.4) is 0 Å². The fraction of sp³-hybridized carbons (Fsp3) is 0.857. The zero-order valence-electron chi connectivity index (χ0n) is 35.5. The highest BCUT2D eigenvalue weighted by atomic mass is 16.8. The third-order valence-corrected chi connectivity index (χ3v) is 13.8. The van der Waals surface area contributed by atoms with E-state index in [0.29, 0.717) is 19.3 Å². The van der Waals surface area contributed by atoms with Crippen LogP contribution in [0.15, 0.2) is 23.7 Å². The molecule has 0 aromatic rings. The van der Waals surface area contributed by atoms with Gasteiger partial charge in [-0.05, 0) is 56.8 Å². The van der Waals surface area contributed by atoms with Gasteiger partial charge in [0.05, 0.1) is 67.7 Å². The van der Waals surface area contributed by atoms with E-state index in [2.05, 4.69) is 0 Å². The highest BCUT2D eigenvalue weighted by Gasteiger charge is 2.57. The van der Waals surface area contributed by atoms with Crippen LogP contribution in [0.25, 0.3) is 0 Å². The molecule has 0 spiro atoms. The molecule has 4 heterocycles. The van der Waals surface area contributed by atoms with Gasteiger partial charge in [0.15, 0.2) is 12.6 Å². The van der Waals surface area contributed by atoms with E-state index in [9.17, 15) is 60.7 Å². The van der Waals surface area contributed by atoms with Crippen LogP contribution in [0.5, 0.6) is 0 Å². The second-order valence-electron chi connectivity index (χ2n) is 18.4. The van der Waals surface area contributed by atoms with Gasteiger partial charge in [-0.1, -0.05) is 33.6 Å². The zero-order chi connectivity index (χ0) is 45.2. The lowest BCUT2D eigenvalue weighted by Crippen LogP contribution is -2.60. The normalized spacial score (nSPS) is 43.8. The Morgan fingerprint density at radius 3 is 1.85 bits per heavy atom. The Labute approximate surface area is 359 Å². The second-order valence-corrected chi connectivity index (χ2v) is 18.4. The maximum absolute atomic E-state index is 13.3. The van der Waals surface area contributed by atoms with Crippen LogP contribution in [0.2, 0.25) is 0 Å². The predicted octanol–water partition coefficient (Wildman–Crippen LogP) is -1.57. The minimum Gasteiger partial charge on any atom is -0.472 e. The summed E-state index contributed by atoms with van der Waals surface area (Å²) in [4.78, 5) is 26.6. The molecule has 4 fully saturated rings. The molecule has 0 amide bonds. The number of carbonyl (C=O) groups excluding carboxylic acids is 2. The van der Waals surface area contributed by atoms with Gasteiger partial charge in [0, 0.05) is 17.8 Å². The molecule has 0 radical (unpaired) electrons. The maximum Gasteiger partial charge on any atom is 0.337 e. The summed E-state index contributed by atoms with van der Waals surface area (Å²) < 4.78 is 45.6. The van der Waals surface area contributed by atoms with Gasteiger partial charge in [-0.15, -0.1) is 0 Å². The minimum absolute atomic E-state index is 0.0164. The summed E-state index contributed by atoms with van der Waals surface area (Å²) in [5.74, 6) is -3.62. The van der Waals surface area contributed by atoms with Gasteiger partial charge >= 0.3 is 11.9 Å². The summed E-state index contributed by atoms with van der Waals surface area (Å²) in [6.45, 7) is 6.41. The average molecular weight is 891 g/mol. The van der Waals surface area contributed by atoms with Crippen LogP contribution in [0.4, 0.5) is 0 Å². The van der Waals surface area contributed by atoms with Crippen molar-refractivity contribution in [1.29, 1.82) is 0 Å². The van der Waals surface area contributed by atoms with Crippen molar-refractivity contribution >= 4 is 11.9 Å². The van der Waals surface area contributed by atoms with Gasteiger partial charge in [0.2, 0.25) is 12.6 Å². The van der Waals surface area contributed by atoms with Crippen LogP contribution in [0, 0.1) is 41.4 Å². The van der Waals surface area contributed by atoms with Gasteiger partial charge < -0.3 is 89.0 Å². The summed E-state index contributed by atoms with van der Waals surface area (Å²) in [7, 11) is 0. The zero-order valence-corrected chi connectivity index (χ0v) is 35.5. The first-order valence-electron chi connectivity index (χ1n) is 21.8. The van der Waals surface area contributed by atoms with E-state index >= 15 is 0 Å². The number of aliphatic hydroxyl groups is 10. The molecule has 20 heteroatoms. The Hall–Kier alpha value is -2.54. The van der Waals surface area contributed by atoms with Crippen molar-refractivity contribution in [3.8, 4) is 0 Å². The lowest BCUT2D eigenvalue weighted by molar-refractivity contribution is -0.346. The number of hydrogen-bond acceptors (Lipinski definition) is 20. The first-order valence-corrected chi connectivity index (χ1v) is 21.8. The first-order chi connectivity index (χ1) is 29.4. The van der Waals surface area contributed by atoms with E-state index < -0.39 is 135 Å². The molecule has 354 valence electrons. The van der Waals surface area contributed by atoms with E-state index in [1.165, 1.54) is 12.5 Å². The van der Waals surface area contributed by atoms with E-state index in [0.717, 1.165) is 19.3 Å². The van der Waals surface area contributed by atoms with Crippen molar-refractivity contribution in [2.75, 3.05) is 26.4 Å². The first kappa shape index (κ1) is 48.9. The number of esters is 2. The molecule has 2 saturated heterocycles. The van der Waals surface area contributed by atoms with Gasteiger partial charge in [-0.3, -0.25) is 0 Å². The molecule has 0 aromatic carbocycles. The standard InChI is InChI=1S/C42H66O20/c1-18(9-11-55-36(52)24-17-57-38(28-20(3)25(45)12-22(24)28)61-40-34(50)32(48)30(46)26(13-43)59-40)6-5-7-19(2)15-56-37(53)23-16-58-39(29-21(23)8-10-42(29,4)54)62-41-35(51)33(49)31(47)27(14-44)60-41/h16-22,25-35,38-41,43-51,54H,5-15H2,1-4H3/t18-,19+,20-,21-,22-,25+,26-,27-,28-,29-,30-,31-,32+,33+,34-,35-,38+,39+,40+,41+,42+/m1/s1. The Balaban J connectivity index is 0.921. The Bertz CT molecular complexity index is 1570. The Morgan fingerprint density at radius 1 is 0.726 bits per heavy atom. The number of rotatable bonds is 17. The molecule has 0 bridgehead atoms. The number of aliphatic hydroxyl groups excluding tert-OH is 9. The van der Waals surface area contributed by atoms with Crippen molar-refractivity contribution < 1.29 is 98.5 Å². The summed E-state index contributed by atoms with van der Waals surface area (Å²) >= 11 is 0. The Morgan fingerprint density at radius 2 is 1.26 bits per heavy atom. The molecule has 62 heavy (non-hydrogen) atoms. The summed E-state index contributed by atoms with van der Waals surface area (Å²) in [6, 6.07) is 0. The average Bonchev–Trinajstić information content (AvgIpc) is 3.73. The van der Waals surface area contributed by atoms with Crippen LogP contribution in [-0.2, 0) is 47.5 Å². The number of ether oxygens (including phenoxy) is 8. The highest BCUT2D eigenvalue weighted by molar-refractivity contribution is 5.89. The molecule has 0 unspecified atom stereocenters. The molecule has 2 saturated carbocycles. The fourth-order valence-corrected chi connectivity index (χ4v) is 9.76. The summed E-state index contributed by atoms with van der Waals surface area (Å²) in [5.41, 5.74) is -0.841. The topological polar surface area (TPSA) is 310 Å². The molecule has 21 atom stereocenters. The Kier molecular flexibility index (Phi) is 16.4. The minimum atomic E-state index is -1.67. The lowest BCUT2D eigenvalue weighted by Gasteiger charge is -2.44. The molecule has 20 nitrogen and oxygen atoms in total. The van der Waals surface area contributed by atoms with Gasteiger partial charge in [-0.2, -0.15) is 0 Å². The van der Waals surface area contributed by atoms with E-state index in [1.54, 1.807) is 13.8 Å². The van der Waals surface area contributed by atoms with Crippen LogP contribution in [-0.4, -0.2) is 175 Å². The molecule has 6 rings (SSSR count). The second kappa shape index (κ2) is 20.7. The number of carbonyl (C=O) groups is 2. The third-order valence-electron chi connectivity index (χ3n) is 13.8. The smallest absolute Gasteiger partial charge is 0.337 e. The van der Waals surface area contributed by atoms with Crippen LogP contribution in [0.1, 0.15) is 72.6 Å². The molecular weight excluding hydrogens is 824 g/mol. The number of hydrogen-bond donors (Lipinski definition) is 10. The van der Waals surface area contributed by atoms with Crippen LogP contribution >= 0.6 is 0 Å². The quantitative estimate of drug-likeness (QED) is 0.0738. The maximum atomic E-state index is 13.3. The summed E-state index contributed by atoms with van der Waals surface area (Å²) in [6.07, 6.45) is -11.7. The van der Waals surface area contributed by atoms with Crippen molar-refractivity contribution in [2.45, 2.75) is 158 Å². The predicted molar refractivity (Wildman–Crippen MR) is 208 cm³/mol. The van der Waals surface area contributed by atoms with Crippen molar-refractivity contribution in [3.63, 3.8) is 0 Å². The van der Waals surface area contributed by atoms with Crippen LogP contribution < -0.4 is 0 Å². The SMILES string of the molecule is C[C@H](CCC[C@H](C)COC(=O)C1=CO[C@@H](O[C@@H]2O[C@H](CO)[C@@H](O)[C@H](O)[C@H]2O)[C@H]2[C@@H]1CC[C@]2(C)O)CCOC(=O)C1=CO[C@@H](O[C@@H]2O[C@H](CO)[C@@H](O)[C@H](O)[C@H]2O)[C@@H]2[C@H](C)[C@@H](O)C[C@H]12. The monoisotopic (exact) mass is 890 g/mol. The van der Waals surface area contributed by atoms with Crippen molar-refractivity contribution in [2.24, 2.45) is 41.4 Å². The van der Waals surface area contributed by atoms with E-state index in [4.69, 9.17) is 37.9 Å². The molecule has 10 N–H and O–H groups in total. The molecule has 2 aliphatic carbocycles. The molecule has 4 aliphatic heterocycles. The lowest BCUT2D eigenvalue weighted by atomic mass is 9.81. The molecule has 0 aromatic heterocycles. The van der Waals surface area contributed by atoms with Crippen molar-refractivity contribution in [1.82, 2.24) is 0 Å². The number of fused-ring (bicyclic) bond motifs is 2. The fourth-order valence-electron chi connectivity index (χ4n) is 9.76. The van der Waals surface area contributed by atoms with E-state index in [1.807, 2.05) is 13.8 Å². The van der Waals surface area contributed by atoms with Crippen molar-refractivity contribution in [3.05, 3.63) is 23.7 Å².